The van der Waals surface area contributed by atoms with Gasteiger partial charge in [0.25, 0.3) is 0 Å². The number of nitrogen functional groups attached to an aromatic ring is 1. The zero-order valence-electron chi connectivity index (χ0n) is 11.1. The van der Waals surface area contributed by atoms with E-state index in [1.165, 1.54) is 0 Å². The molecule has 21 heavy (non-hydrogen) atoms. The Hall–Kier alpha value is -2.29. The Morgan fingerprint density at radius 3 is 2.48 bits per heavy atom. The number of hydrogen-bond donors (Lipinski definition) is 1. The Morgan fingerprint density at radius 1 is 0.905 bits per heavy atom. The van der Waals surface area contributed by atoms with Gasteiger partial charge in [0.1, 0.15) is 0 Å². The summed E-state index contributed by atoms with van der Waals surface area (Å²) in [6.07, 6.45) is 0. The molecule has 1 aromatic heterocycles. The van der Waals surface area contributed by atoms with Crippen molar-refractivity contribution in [2.75, 3.05) is 5.73 Å². The van der Waals surface area contributed by atoms with Crippen molar-refractivity contribution in [3.05, 3.63) is 71.0 Å². The van der Waals surface area contributed by atoms with Crippen molar-refractivity contribution in [1.82, 2.24) is 3.56 Å². The molecule has 3 aromatic carbocycles. The van der Waals surface area contributed by atoms with Crippen LogP contribution in [0.25, 0.3) is 26.1 Å². The molecule has 0 aliphatic rings. The van der Waals surface area contributed by atoms with Crippen molar-refractivity contribution in [3.8, 4) is 5.69 Å². The molecule has 0 saturated heterocycles. The first-order valence-electron chi connectivity index (χ1n) is 6.64. The Balaban J connectivity index is 2.14. The van der Waals surface area contributed by atoms with Gasteiger partial charge in [-0.15, -0.1) is 0 Å². The van der Waals surface area contributed by atoms with Crippen LogP contribution in [0, 0.1) is 0 Å². The van der Waals surface area contributed by atoms with Gasteiger partial charge in [-0.3, -0.25) is 0 Å². The fourth-order valence-corrected chi connectivity index (χ4v) is 4.79. The van der Waals surface area contributed by atoms with E-state index in [9.17, 15) is 4.79 Å². The first kappa shape index (κ1) is 12.5. The second kappa shape index (κ2) is 4.62. The Bertz CT molecular complexity index is 1020. The van der Waals surface area contributed by atoms with E-state index in [2.05, 4.69) is 0 Å². The van der Waals surface area contributed by atoms with Gasteiger partial charge in [-0.25, -0.2) is 0 Å². The van der Waals surface area contributed by atoms with Crippen LogP contribution < -0.4 is 11.3 Å². The zero-order chi connectivity index (χ0) is 14.4. The van der Waals surface area contributed by atoms with Crippen LogP contribution in [0.4, 0.5) is 5.69 Å². The van der Waals surface area contributed by atoms with Crippen molar-refractivity contribution in [3.63, 3.8) is 0 Å². The van der Waals surface area contributed by atoms with Gasteiger partial charge in [0.15, 0.2) is 0 Å². The van der Waals surface area contributed by atoms with Crippen LogP contribution in [0.2, 0.25) is 0 Å². The molecule has 0 unspecified atom stereocenters. The summed E-state index contributed by atoms with van der Waals surface area (Å²) in [5, 5.41) is 2.83. The predicted molar refractivity (Wildman–Crippen MR) is 88.4 cm³/mol. The van der Waals surface area contributed by atoms with E-state index in [-0.39, 0.29) is 20.3 Å². The van der Waals surface area contributed by atoms with Crippen molar-refractivity contribution in [2.45, 2.75) is 0 Å². The maximum atomic E-state index is 12.7. The Kier molecular flexibility index (Phi) is 2.74. The first-order chi connectivity index (χ1) is 10.3. The molecule has 1 heterocycles. The average Bonchev–Trinajstić information content (AvgIpc) is 2.85. The van der Waals surface area contributed by atoms with Crippen LogP contribution in [0.3, 0.4) is 0 Å². The van der Waals surface area contributed by atoms with Crippen LogP contribution in [0.15, 0.2) is 65.5 Å². The van der Waals surface area contributed by atoms with E-state index in [0.717, 1.165) is 26.1 Å². The summed E-state index contributed by atoms with van der Waals surface area (Å²) < 4.78 is 3.00. The number of hydrogen-bond acceptors (Lipinski definition) is 2. The number of benzene rings is 3. The minimum absolute atomic E-state index is 0.0375. The predicted octanol–water partition coefficient (Wildman–Crippen LogP) is 2.78. The van der Waals surface area contributed by atoms with Gasteiger partial charge in [0.2, 0.25) is 0 Å². The van der Waals surface area contributed by atoms with Gasteiger partial charge in [-0.05, 0) is 0 Å². The second-order valence-corrected chi connectivity index (χ2v) is 6.98. The molecule has 0 radical (unpaired) electrons. The van der Waals surface area contributed by atoms with Gasteiger partial charge in [0.05, 0.1) is 0 Å². The third-order valence-corrected chi connectivity index (χ3v) is 5.93. The maximum absolute atomic E-state index is 12.7. The summed E-state index contributed by atoms with van der Waals surface area (Å²) >= 11 is -0.0375. The number of aromatic nitrogens is 1. The summed E-state index contributed by atoms with van der Waals surface area (Å²) in [7, 11) is 0. The molecule has 4 rings (SSSR count). The van der Waals surface area contributed by atoms with Crippen LogP contribution in [-0.4, -0.2) is 18.3 Å². The van der Waals surface area contributed by atoms with E-state index in [4.69, 9.17) is 5.73 Å². The molecule has 2 N–H and O–H groups in total. The molecule has 3 nitrogen and oxygen atoms in total. The molecule has 0 aliphatic carbocycles. The monoisotopic (exact) mass is 340 g/mol. The third-order valence-electron chi connectivity index (χ3n) is 3.63. The first-order valence-corrected chi connectivity index (χ1v) is 8.26. The van der Waals surface area contributed by atoms with E-state index >= 15 is 0 Å². The zero-order valence-corrected chi connectivity index (χ0v) is 12.8. The molecular weight excluding hydrogens is 327 g/mol. The van der Waals surface area contributed by atoms with Crippen LogP contribution in [-0.2, 0) is 0 Å². The fourth-order valence-electron chi connectivity index (χ4n) is 2.65. The Morgan fingerprint density at radius 2 is 1.67 bits per heavy atom. The summed E-state index contributed by atoms with van der Waals surface area (Å²) in [6.45, 7) is 0. The molecule has 0 saturated carbocycles. The van der Waals surface area contributed by atoms with Crippen LogP contribution in [0.5, 0.6) is 0 Å². The molecule has 4 heteroatoms. The summed E-state index contributed by atoms with van der Waals surface area (Å²) in [4.78, 5) is 12.7. The summed E-state index contributed by atoms with van der Waals surface area (Å²) in [5.41, 5.74) is 7.83. The molecule has 0 amide bonds. The van der Waals surface area contributed by atoms with E-state index in [0.29, 0.717) is 5.69 Å². The van der Waals surface area contributed by atoms with E-state index < -0.39 is 0 Å². The Labute approximate surface area is 127 Å². The van der Waals surface area contributed by atoms with Gasteiger partial charge in [0, 0.05) is 0 Å². The molecule has 0 bridgehead atoms. The topological polar surface area (TPSA) is 48.0 Å². The van der Waals surface area contributed by atoms with Crippen molar-refractivity contribution in [1.29, 1.82) is 0 Å². The quantitative estimate of drug-likeness (QED) is 0.428. The number of anilines is 1. The summed E-state index contributed by atoms with van der Waals surface area (Å²) in [5.74, 6) is 0. The SMILES string of the molecule is Nc1cccc2cccc(-n3[se]c4ccccc4c3=O)c12. The van der Waals surface area contributed by atoms with Gasteiger partial charge in [-0.2, -0.15) is 0 Å². The van der Waals surface area contributed by atoms with Crippen molar-refractivity contribution >= 4 is 40.8 Å². The van der Waals surface area contributed by atoms with Crippen LogP contribution in [0.1, 0.15) is 0 Å². The van der Waals surface area contributed by atoms with Gasteiger partial charge < -0.3 is 0 Å². The molecule has 4 aromatic rings. The molecule has 102 valence electrons. The standard InChI is InChI=1S/C17H12N2OSe/c18-13-8-3-5-11-6-4-9-14(16(11)13)19-17(20)12-7-1-2-10-15(12)21-19/h1-10H,18H2. The number of nitrogens with two attached hydrogens (primary N) is 1. The third kappa shape index (κ3) is 1.84. The van der Waals surface area contributed by atoms with Crippen LogP contribution >= 0.6 is 0 Å². The minimum atomic E-state index is -0.0375. The van der Waals surface area contributed by atoms with E-state index in [1.807, 2.05) is 64.2 Å². The summed E-state index contributed by atoms with van der Waals surface area (Å²) in [6, 6.07) is 19.6. The fraction of sp³-hybridized carbons (Fsp3) is 0. The molecule has 0 spiro atoms. The van der Waals surface area contributed by atoms with Gasteiger partial charge in [-0.1, -0.05) is 0 Å². The molecular formula is C17H12N2OSe. The normalized spacial score (nSPS) is 11.2. The van der Waals surface area contributed by atoms with Gasteiger partial charge >= 0.3 is 127 Å². The second-order valence-electron chi connectivity index (χ2n) is 4.91. The van der Waals surface area contributed by atoms with Crippen molar-refractivity contribution in [2.24, 2.45) is 0 Å². The van der Waals surface area contributed by atoms with E-state index in [1.54, 1.807) is 0 Å². The molecule has 0 atom stereocenters. The number of rotatable bonds is 1. The molecule has 0 aliphatic heterocycles. The van der Waals surface area contributed by atoms with Crippen molar-refractivity contribution < 1.29 is 0 Å². The molecule has 0 fully saturated rings. The number of fused-ring (bicyclic) bond motifs is 2. The number of nitrogens with zero attached hydrogens (tertiary/aromatic N) is 1. The average molecular weight is 339 g/mol.